The first-order valence-electron chi connectivity index (χ1n) is 8.49. The molecule has 0 spiro atoms. The zero-order valence-electron chi connectivity index (χ0n) is 14.4. The normalized spacial score (nSPS) is 19.8. The van der Waals surface area contributed by atoms with Crippen molar-refractivity contribution in [1.29, 1.82) is 0 Å². The molecule has 1 aliphatic carbocycles. The van der Waals surface area contributed by atoms with E-state index in [-0.39, 0.29) is 24.1 Å². The van der Waals surface area contributed by atoms with Crippen LogP contribution in [-0.2, 0) is 9.53 Å². The van der Waals surface area contributed by atoms with Crippen molar-refractivity contribution in [3.63, 3.8) is 0 Å². The van der Waals surface area contributed by atoms with Crippen molar-refractivity contribution in [2.75, 3.05) is 11.1 Å². The number of hydrogen-bond donors (Lipinski definition) is 2. The highest BCUT2D eigenvalue weighted by Crippen LogP contribution is 2.34. The number of halogens is 1. The van der Waals surface area contributed by atoms with Crippen LogP contribution in [0.5, 0.6) is 0 Å². The third kappa shape index (κ3) is 5.25. The number of nitrogens with one attached hydrogen (secondary N) is 1. The summed E-state index contributed by atoms with van der Waals surface area (Å²) in [6.07, 6.45) is 5.26. The number of nitrogens with two attached hydrogens (primary N) is 1. The maximum absolute atomic E-state index is 11.1. The largest absolute Gasteiger partial charge is 0.463 e. The fourth-order valence-corrected chi connectivity index (χ4v) is 3.90. The number of aromatic nitrogens is 2. The van der Waals surface area contributed by atoms with E-state index in [1.807, 2.05) is 24.3 Å². The van der Waals surface area contributed by atoms with Gasteiger partial charge in [-0.25, -0.2) is 4.98 Å². The van der Waals surface area contributed by atoms with Crippen molar-refractivity contribution in [2.24, 2.45) is 0 Å². The smallest absolute Gasteiger partial charge is 0.302 e. The summed E-state index contributed by atoms with van der Waals surface area (Å²) in [4.78, 5) is 21.5. The molecule has 1 aliphatic rings. The van der Waals surface area contributed by atoms with E-state index >= 15 is 0 Å². The van der Waals surface area contributed by atoms with Crippen LogP contribution in [-0.4, -0.2) is 28.1 Å². The van der Waals surface area contributed by atoms with Gasteiger partial charge in [-0.05, 0) is 49.9 Å². The van der Waals surface area contributed by atoms with E-state index in [1.165, 1.54) is 6.92 Å². The van der Waals surface area contributed by atoms with E-state index in [9.17, 15) is 4.79 Å². The second-order valence-electron chi connectivity index (χ2n) is 6.22. The number of nitrogens with zero attached hydrogens (tertiary/aromatic N) is 2. The van der Waals surface area contributed by atoms with Crippen LogP contribution in [0.2, 0.25) is 5.02 Å². The van der Waals surface area contributed by atoms with Crippen LogP contribution in [0, 0.1) is 0 Å². The molecule has 0 amide bonds. The van der Waals surface area contributed by atoms with Crippen molar-refractivity contribution in [3.8, 4) is 0 Å². The molecule has 1 aromatic carbocycles. The number of carbonyl (C=O) groups excluding carboxylic acids is 1. The molecule has 138 valence electrons. The zero-order valence-corrected chi connectivity index (χ0v) is 16.0. The average Bonchev–Trinajstić information content (AvgIpc) is 2.60. The number of nitrogen functional groups attached to an aromatic ring is 1. The van der Waals surface area contributed by atoms with Crippen molar-refractivity contribution in [3.05, 3.63) is 35.5 Å². The molecule has 8 heteroatoms. The molecule has 1 heterocycles. The number of rotatable bonds is 5. The molecule has 6 nitrogen and oxygen atoms in total. The van der Waals surface area contributed by atoms with Gasteiger partial charge in [0.15, 0.2) is 0 Å². The van der Waals surface area contributed by atoms with Gasteiger partial charge in [0.2, 0.25) is 5.95 Å². The van der Waals surface area contributed by atoms with Crippen LogP contribution in [0.15, 0.2) is 40.3 Å². The Labute approximate surface area is 161 Å². The van der Waals surface area contributed by atoms with E-state index < -0.39 is 0 Å². The first-order valence-corrected chi connectivity index (χ1v) is 9.69. The Hall–Kier alpha value is -1.99. The predicted octanol–water partition coefficient (Wildman–Crippen LogP) is 4.15. The molecule has 0 bridgehead atoms. The van der Waals surface area contributed by atoms with Gasteiger partial charge in [-0.15, -0.1) is 0 Å². The molecule has 26 heavy (non-hydrogen) atoms. The van der Waals surface area contributed by atoms with Gasteiger partial charge in [0.05, 0.1) is 4.90 Å². The summed E-state index contributed by atoms with van der Waals surface area (Å²) in [7, 11) is 0. The summed E-state index contributed by atoms with van der Waals surface area (Å²) in [6, 6.07) is 7.88. The minimum Gasteiger partial charge on any atom is -0.463 e. The summed E-state index contributed by atoms with van der Waals surface area (Å²) in [5.74, 6) is 0.751. The predicted molar refractivity (Wildman–Crippen MR) is 103 cm³/mol. The number of benzene rings is 1. The topological polar surface area (TPSA) is 90.1 Å². The molecule has 3 rings (SSSR count). The Balaban J connectivity index is 1.67. The second kappa shape index (κ2) is 8.60. The minimum atomic E-state index is -0.216. The first-order chi connectivity index (χ1) is 12.5. The SMILES string of the molecule is CC(=O)O[C@H]1CC[C@H](Nc2nc(N)ncc2Sc2ccc(Cl)cc2)CC1. The Bertz CT molecular complexity index is 764. The van der Waals surface area contributed by atoms with E-state index in [1.54, 1.807) is 18.0 Å². The summed E-state index contributed by atoms with van der Waals surface area (Å²) in [5.41, 5.74) is 5.78. The summed E-state index contributed by atoms with van der Waals surface area (Å²) in [6.45, 7) is 1.45. The maximum atomic E-state index is 11.1. The highest BCUT2D eigenvalue weighted by molar-refractivity contribution is 7.99. The lowest BCUT2D eigenvalue weighted by Crippen LogP contribution is -2.31. The fraction of sp³-hybridized carbons (Fsp3) is 0.389. The Morgan fingerprint density at radius 2 is 1.96 bits per heavy atom. The number of anilines is 2. The van der Waals surface area contributed by atoms with E-state index in [0.29, 0.717) is 5.02 Å². The van der Waals surface area contributed by atoms with Gasteiger partial charge < -0.3 is 15.8 Å². The van der Waals surface area contributed by atoms with Crippen LogP contribution >= 0.6 is 23.4 Å². The molecule has 0 unspecified atom stereocenters. The molecule has 3 N–H and O–H groups in total. The Morgan fingerprint density at radius 1 is 1.27 bits per heavy atom. The summed E-state index contributed by atoms with van der Waals surface area (Å²) < 4.78 is 5.29. The Morgan fingerprint density at radius 3 is 2.62 bits per heavy atom. The molecular formula is C18H21ClN4O2S. The van der Waals surface area contributed by atoms with Crippen LogP contribution in [0.4, 0.5) is 11.8 Å². The molecule has 0 saturated heterocycles. The Kier molecular flexibility index (Phi) is 6.21. The minimum absolute atomic E-state index is 0.0175. The zero-order chi connectivity index (χ0) is 18.5. The van der Waals surface area contributed by atoms with Crippen molar-refractivity contribution in [1.82, 2.24) is 9.97 Å². The lowest BCUT2D eigenvalue weighted by Gasteiger charge is -2.29. The number of hydrogen-bond acceptors (Lipinski definition) is 7. The summed E-state index contributed by atoms with van der Waals surface area (Å²) in [5, 5.41) is 4.18. The van der Waals surface area contributed by atoms with Crippen LogP contribution in [0.25, 0.3) is 0 Å². The molecule has 0 radical (unpaired) electrons. The second-order valence-corrected chi connectivity index (χ2v) is 7.78. The van der Waals surface area contributed by atoms with Crippen LogP contribution in [0.3, 0.4) is 0 Å². The van der Waals surface area contributed by atoms with Crippen molar-refractivity contribution >= 4 is 41.1 Å². The van der Waals surface area contributed by atoms with Gasteiger partial charge in [-0.2, -0.15) is 4.98 Å². The molecule has 1 aromatic heterocycles. The van der Waals surface area contributed by atoms with E-state index in [0.717, 1.165) is 41.3 Å². The molecule has 0 aliphatic heterocycles. The van der Waals surface area contributed by atoms with Gasteiger partial charge in [-0.3, -0.25) is 4.79 Å². The van der Waals surface area contributed by atoms with Crippen LogP contribution < -0.4 is 11.1 Å². The van der Waals surface area contributed by atoms with Crippen molar-refractivity contribution in [2.45, 2.75) is 54.5 Å². The molecular weight excluding hydrogens is 372 g/mol. The molecule has 1 saturated carbocycles. The number of carbonyl (C=O) groups is 1. The molecule has 1 fully saturated rings. The quantitative estimate of drug-likeness (QED) is 0.738. The molecule has 2 aromatic rings. The first kappa shape index (κ1) is 18.8. The van der Waals surface area contributed by atoms with Gasteiger partial charge >= 0.3 is 5.97 Å². The van der Waals surface area contributed by atoms with Gasteiger partial charge in [0.25, 0.3) is 0 Å². The number of ether oxygens (including phenoxy) is 1. The monoisotopic (exact) mass is 392 g/mol. The van der Waals surface area contributed by atoms with Crippen molar-refractivity contribution < 1.29 is 9.53 Å². The third-order valence-electron chi connectivity index (χ3n) is 4.16. The highest BCUT2D eigenvalue weighted by atomic mass is 35.5. The average molecular weight is 393 g/mol. The highest BCUT2D eigenvalue weighted by Gasteiger charge is 2.24. The summed E-state index contributed by atoms with van der Waals surface area (Å²) >= 11 is 7.50. The fourth-order valence-electron chi connectivity index (χ4n) is 2.95. The van der Waals surface area contributed by atoms with E-state index in [2.05, 4.69) is 15.3 Å². The van der Waals surface area contributed by atoms with Crippen LogP contribution in [0.1, 0.15) is 32.6 Å². The molecule has 0 atom stereocenters. The lowest BCUT2D eigenvalue weighted by molar-refractivity contribution is -0.147. The van der Waals surface area contributed by atoms with Gasteiger partial charge in [0.1, 0.15) is 11.9 Å². The van der Waals surface area contributed by atoms with E-state index in [4.69, 9.17) is 22.1 Å². The lowest BCUT2D eigenvalue weighted by atomic mass is 9.93. The van der Waals surface area contributed by atoms with Gasteiger partial charge in [0, 0.05) is 29.1 Å². The maximum Gasteiger partial charge on any atom is 0.302 e. The van der Waals surface area contributed by atoms with Gasteiger partial charge in [-0.1, -0.05) is 23.4 Å². The standard InChI is InChI=1S/C18H21ClN4O2S/c1-11(24)25-14-6-4-13(5-7-14)22-17-16(10-21-18(20)23-17)26-15-8-2-12(19)3-9-15/h2-3,8-10,13-14H,4-7H2,1H3,(H3,20,21,22,23)/t13-,14-. The number of esters is 1. The third-order valence-corrected chi connectivity index (χ3v) is 5.44.